The first kappa shape index (κ1) is 14.3. The Morgan fingerprint density at radius 2 is 1.88 bits per heavy atom. The maximum atomic E-state index is 6.00. The van der Waals surface area contributed by atoms with Gasteiger partial charge in [-0.3, -0.25) is 4.98 Å². The lowest BCUT2D eigenvalue weighted by molar-refractivity contribution is 1.13. The van der Waals surface area contributed by atoms with E-state index >= 15 is 0 Å². The Morgan fingerprint density at radius 3 is 2.53 bits per heavy atom. The third kappa shape index (κ3) is 4.19. The summed E-state index contributed by atoms with van der Waals surface area (Å²) in [6, 6.07) is 9.77. The van der Waals surface area contributed by atoms with Crippen molar-refractivity contribution in [2.24, 2.45) is 0 Å². The summed E-state index contributed by atoms with van der Waals surface area (Å²) in [5.41, 5.74) is 2.19. The average Bonchev–Trinajstić information content (AvgIpc) is 2.32. The molecule has 1 aromatic heterocycles. The Labute approximate surface area is 120 Å². The molecular weight excluding hydrogens is 323 g/mol. The predicted octanol–water partition coefficient (Wildman–Crippen LogP) is 4.53. The number of benzene rings is 1. The van der Waals surface area contributed by atoms with E-state index in [-0.39, 0.29) is 12.4 Å². The Morgan fingerprint density at radius 1 is 1.18 bits per heavy atom. The molecule has 0 aliphatic heterocycles. The zero-order valence-corrected chi connectivity index (χ0v) is 12.0. The smallest absolute Gasteiger partial charge is 0.0568 e. The molecule has 1 N–H and O–H groups in total. The number of hydrogen-bond acceptors (Lipinski definition) is 2. The summed E-state index contributed by atoms with van der Waals surface area (Å²) < 4.78 is 0.906. The van der Waals surface area contributed by atoms with Crippen LogP contribution in [-0.2, 0) is 6.54 Å². The minimum absolute atomic E-state index is 0. The molecule has 0 radical (unpaired) electrons. The molecule has 17 heavy (non-hydrogen) atoms. The van der Waals surface area contributed by atoms with E-state index in [4.69, 9.17) is 11.6 Å². The van der Waals surface area contributed by atoms with Crippen molar-refractivity contribution in [1.29, 1.82) is 0 Å². The number of rotatable bonds is 3. The summed E-state index contributed by atoms with van der Waals surface area (Å²) in [4.78, 5) is 3.97. The van der Waals surface area contributed by atoms with Crippen LogP contribution < -0.4 is 5.32 Å². The van der Waals surface area contributed by atoms with Gasteiger partial charge in [0.1, 0.15) is 0 Å². The average molecular weight is 334 g/mol. The minimum Gasteiger partial charge on any atom is -0.381 e. The molecule has 2 aromatic rings. The van der Waals surface area contributed by atoms with Gasteiger partial charge >= 0.3 is 0 Å². The lowest BCUT2D eigenvalue weighted by Gasteiger charge is -2.07. The molecule has 0 bridgehead atoms. The Balaban J connectivity index is 0.00000144. The topological polar surface area (TPSA) is 24.9 Å². The van der Waals surface area contributed by atoms with Crippen LogP contribution in [0.2, 0.25) is 5.02 Å². The van der Waals surface area contributed by atoms with Crippen molar-refractivity contribution >= 4 is 45.6 Å². The number of halogens is 3. The molecule has 90 valence electrons. The van der Waals surface area contributed by atoms with Crippen molar-refractivity contribution in [2.75, 3.05) is 5.32 Å². The van der Waals surface area contributed by atoms with E-state index in [1.165, 1.54) is 5.56 Å². The van der Waals surface area contributed by atoms with E-state index in [1.807, 2.05) is 30.3 Å². The molecule has 0 aliphatic rings. The van der Waals surface area contributed by atoms with Crippen LogP contribution in [0.4, 0.5) is 5.69 Å². The lowest BCUT2D eigenvalue weighted by Crippen LogP contribution is -1.99. The van der Waals surface area contributed by atoms with Gasteiger partial charge in [0.15, 0.2) is 0 Å². The third-order valence-corrected chi connectivity index (χ3v) is 3.40. The molecule has 5 heteroatoms. The van der Waals surface area contributed by atoms with E-state index in [9.17, 15) is 0 Å². The highest BCUT2D eigenvalue weighted by molar-refractivity contribution is 9.10. The van der Waals surface area contributed by atoms with Gasteiger partial charge in [-0.25, -0.2) is 0 Å². The van der Waals surface area contributed by atoms with E-state index in [0.29, 0.717) is 5.02 Å². The highest BCUT2D eigenvalue weighted by Crippen LogP contribution is 2.25. The Hall–Kier alpha value is -0.770. The van der Waals surface area contributed by atoms with Crippen molar-refractivity contribution in [1.82, 2.24) is 4.98 Å². The molecule has 0 atom stereocenters. The van der Waals surface area contributed by atoms with Gasteiger partial charge in [0.2, 0.25) is 0 Å². The fraction of sp³-hybridized carbons (Fsp3) is 0.0833. The van der Waals surface area contributed by atoms with Gasteiger partial charge < -0.3 is 5.32 Å². The highest BCUT2D eigenvalue weighted by Gasteiger charge is 1.98. The maximum absolute atomic E-state index is 6.00. The van der Waals surface area contributed by atoms with Crippen LogP contribution in [0.25, 0.3) is 0 Å². The normalized spacial score (nSPS) is 9.53. The second kappa shape index (κ2) is 6.84. The van der Waals surface area contributed by atoms with Crippen molar-refractivity contribution in [2.45, 2.75) is 6.54 Å². The molecular formula is C12H11BrCl2N2. The maximum Gasteiger partial charge on any atom is 0.0568 e. The summed E-state index contributed by atoms with van der Waals surface area (Å²) in [6.07, 6.45) is 3.57. The Kier molecular flexibility index (Phi) is 5.75. The molecule has 0 unspecified atom stereocenters. The van der Waals surface area contributed by atoms with Gasteiger partial charge in [-0.05, 0) is 51.8 Å². The van der Waals surface area contributed by atoms with Crippen LogP contribution >= 0.6 is 39.9 Å². The largest absolute Gasteiger partial charge is 0.381 e. The van der Waals surface area contributed by atoms with Crippen LogP contribution in [0.15, 0.2) is 47.2 Å². The van der Waals surface area contributed by atoms with Gasteiger partial charge in [0.25, 0.3) is 0 Å². The van der Waals surface area contributed by atoms with Crippen LogP contribution in [0, 0.1) is 0 Å². The first-order valence-electron chi connectivity index (χ1n) is 4.83. The third-order valence-electron chi connectivity index (χ3n) is 2.17. The van der Waals surface area contributed by atoms with Crippen LogP contribution in [0.5, 0.6) is 0 Å². The SMILES string of the molecule is Cl.Clc1cc(NCc2ccncc2)ccc1Br. The van der Waals surface area contributed by atoms with Crippen molar-refractivity contribution in [3.05, 3.63) is 57.8 Å². The highest BCUT2D eigenvalue weighted by atomic mass is 79.9. The fourth-order valence-electron chi connectivity index (χ4n) is 1.31. The molecule has 0 saturated carbocycles. The summed E-state index contributed by atoms with van der Waals surface area (Å²) in [6.45, 7) is 0.764. The van der Waals surface area contributed by atoms with Crippen molar-refractivity contribution in [3.8, 4) is 0 Å². The van der Waals surface area contributed by atoms with E-state index in [0.717, 1.165) is 16.7 Å². The van der Waals surface area contributed by atoms with Gasteiger partial charge in [0, 0.05) is 29.1 Å². The van der Waals surface area contributed by atoms with Gasteiger partial charge in [-0.2, -0.15) is 0 Å². The molecule has 0 saturated heterocycles. The standard InChI is InChI=1S/C12H10BrClN2.ClH/c13-11-2-1-10(7-12(11)14)16-8-9-3-5-15-6-4-9;/h1-7,16H,8H2;1H. The number of aromatic nitrogens is 1. The van der Waals surface area contributed by atoms with Gasteiger partial charge in [0.05, 0.1) is 5.02 Å². The monoisotopic (exact) mass is 332 g/mol. The second-order valence-electron chi connectivity index (χ2n) is 3.34. The van der Waals surface area contributed by atoms with Crippen molar-refractivity contribution < 1.29 is 0 Å². The van der Waals surface area contributed by atoms with E-state index in [1.54, 1.807) is 12.4 Å². The molecule has 1 heterocycles. The number of nitrogens with one attached hydrogen (secondary N) is 1. The lowest BCUT2D eigenvalue weighted by atomic mass is 10.2. The summed E-state index contributed by atoms with van der Waals surface area (Å²) >= 11 is 9.36. The first-order valence-corrected chi connectivity index (χ1v) is 6.00. The Bertz CT molecular complexity index is 477. The van der Waals surface area contributed by atoms with Gasteiger partial charge in [-0.15, -0.1) is 12.4 Å². The fourth-order valence-corrected chi connectivity index (χ4v) is 1.74. The molecule has 0 aliphatic carbocycles. The number of pyridine rings is 1. The van der Waals surface area contributed by atoms with Crippen molar-refractivity contribution in [3.63, 3.8) is 0 Å². The van der Waals surface area contributed by atoms with Gasteiger partial charge in [-0.1, -0.05) is 11.6 Å². The molecule has 0 fully saturated rings. The molecule has 2 rings (SSSR count). The number of nitrogens with zero attached hydrogens (tertiary/aromatic N) is 1. The van der Waals surface area contributed by atoms with Crippen LogP contribution in [-0.4, -0.2) is 4.98 Å². The molecule has 0 amide bonds. The first-order chi connectivity index (χ1) is 7.75. The van der Waals surface area contributed by atoms with E-state index in [2.05, 4.69) is 26.2 Å². The number of hydrogen-bond donors (Lipinski definition) is 1. The predicted molar refractivity (Wildman–Crippen MR) is 78.0 cm³/mol. The molecule has 0 spiro atoms. The van der Waals surface area contributed by atoms with E-state index < -0.39 is 0 Å². The van der Waals surface area contributed by atoms with Crippen LogP contribution in [0.3, 0.4) is 0 Å². The summed E-state index contributed by atoms with van der Waals surface area (Å²) in [7, 11) is 0. The molecule has 1 aromatic carbocycles. The molecule has 2 nitrogen and oxygen atoms in total. The quantitative estimate of drug-likeness (QED) is 0.892. The minimum atomic E-state index is 0. The second-order valence-corrected chi connectivity index (χ2v) is 4.60. The number of anilines is 1. The summed E-state index contributed by atoms with van der Waals surface area (Å²) in [5, 5.41) is 4.00. The van der Waals surface area contributed by atoms with Crippen LogP contribution in [0.1, 0.15) is 5.56 Å². The zero-order chi connectivity index (χ0) is 11.4. The zero-order valence-electron chi connectivity index (χ0n) is 8.86. The summed E-state index contributed by atoms with van der Waals surface area (Å²) in [5.74, 6) is 0.